The Morgan fingerprint density at radius 1 is 0.312 bits per heavy atom. The van der Waals surface area contributed by atoms with Gasteiger partial charge in [-0.25, -0.2) is 0 Å². The molecule has 2 heterocycles. The predicted molar refractivity (Wildman–Crippen MR) is 241 cm³/mol. The lowest BCUT2D eigenvalue weighted by Crippen LogP contribution is -2.61. The van der Waals surface area contributed by atoms with Gasteiger partial charge >= 0.3 is 0 Å². The first-order valence-electron chi connectivity index (χ1n) is 22.0. The van der Waals surface area contributed by atoms with Gasteiger partial charge in [-0.3, -0.25) is 0 Å². The molecule has 0 radical (unpaired) electrons. The minimum Gasteiger partial charge on any atom is -0.374 e. The van der Waals surface area contributed by atoms with Crippen molar-refractivity contribution < 1.29 is 47.4 Å². The van der Waals surface area contributed by atoms with Crippen LogP contribution in [-0.2, 0) is 87.0 Å². The van der Waals surface area contributed by atoms with Crippen molar-refractivity contribution in [3.8, 4) is 0 Å². The van der Waals surface area contributed by atoms with Crippen LogP contribution in [0.15, 0.2) is 182 Å². The largest absolute Gasteiger partial charge is 0.374 e. The third kappa shape index (κ3) is 13.0. The Hall–Kier alpha value is -5.08. The lowest BCUT2D eigenvalue weighted by atomic mass is 9.97. The molecule has 64 heavy (non-hydrogen) atoms. The molecule has 0 aliphatic carbocycles. The molecule has 2 aliphatic rings. The van der Waals surface area contributed by atoms with Gasteiger partial charge in [-0.2, -0.15) is 0 Å². The van der Waals surface area contributed by atoms with E-state index in [-0.39, 0.29) is 13.2 Å². The van der Waals surface area contributed by atoms with Gasteiger partial charge in [-0.15, -0.1) is 0 Å². The van der Waals surface area contributed by atoms with E-state index in [2.05, 4.69) is 0 Å². The molecule has 2 aliphatic heterocycles. The molecule has 0 saturated carbocycles. The second-order valence-corrected chi connectivity index (χ2v) is 16.0. The fraction of sp³-hybridized carbons (Fsp3) is 0.333. The summed E-state index contributed by atoms with van der Waals surface area (Å²) in [5, 5.41) is 0. The van der Waals surface area contributed by atoms with E-state index in [9.17, 15) is 0 Å². The summed E-state index contributed by atoms with van der Waals surface area (Å²) in [4.78, 5) is 0. The average Bonchev–Trinajstić information content (AvgIpc) is 3.69. The summed E-state index contributed by atoms with van der Waals surface area (Å²) < 4.78 is 66.6. The zero-order valence-electron chi connectivity index (χ0n) is 36.3. The van der Waals surface area contributed by atoms with Gasteiger partial charge in [-0.05, 0) is 33.4 Å². The van der Waals surface area contributed by atoms with Crippen LogP contribution in [-0.4, -0.2) is 75.6 Å². The predicted octanol–water partition coefficient (Wildman–Crippen LogP) is 9.24. The number of methoxy groups -OCH3 is 1. The van der Waals surface area contributed by atoms with Crippen molar-refractivity contribution in [3.05, 3.63) is 215 Å². The van der Waals surface area contributed by atoms with Crippen LogP contribution in [0.3, 0.4) is 0 Å². The van der Waals surface area contributed by atoms with Gasteiger partial charge in [-0.1, -0.05) is 182 Å². The van der Waals surface area contributed by atoms with Crippen molar-refractivity contribution in [3.63, 3.8) is 0 Å². The Bertz CT molecular complexity index is 2170. The number of hydrogen-bond acceptors (Lipinski definition) is 10. The lowest BCUT2D eigenvalue weighted by molar-refractivity contribution is -0.328. The van der Waals surface area contributed by atoms with Crippen LogP contribution in [0, 0.1) is 0 Å². The van der Waals surface area contributed by atoms with E-state index in [0.29, 0.717) is 39.6 Å². The minimum absolute atomic E-state index is 0.0504. The summed E-state index contributed by atoms with van der Waals surface area (Å²) in [5.74, 6) is 0. The Labute approximate surface area is 376 Å². The molecule has 10 nitrogen and oxygen atoms in total. The fourth-order valence-corrected chi connectivity index (χ4v) is 8.00. The smallest absolute Gasteiger partial charge is 0.187 e. The maximum atomic E-state index is 6.85. The van der Waals surface area contributed by atoms with E-state index >= 15 is 0 Å². The van der Waals surface area contributed by atoms with Crippen LogP contribution in [0.4, 0.5) is 0 Å². The highest BCUT2D eigenvalue weighted by Crippen LogP contribution is 2.34. The fourth-order valence-electron chi connectivity index (χ4n) is 8.00. The number of hydrogen-bond donors (Lipinski definition) is 0. The first-order valence-corrected chi connectivity index (χ1v) is 22.0. The van der Waals surface area contributed by atoms with Gasteiger partial charge in [0.05, 0.1) is 52.9 Å². The molecule has 0 bridgehead atoms. The van der Waals surface area contributed by atoms with E-state index in [4.69, 9.17) is 47.4 Å². The number of rotatable bonds is 23. The molecule has 0 spiro atoms. The molecule has 0 aromatic heterocycles. The third-order valence-electron chi connectivity index (χ3n) is 11.3. The summed E-state index contributed by atoms with van der Waals surface area (Å²) in [5.41, 5.74) is 6.13. The van der Waals surface area contributed by atoms with E-state index in [1.165, 1.54) is 0 Å². The molecule has 0 amide bonds. The maximum absolute atomic E-state index is 6.85. The second-order valence-electron chi connectivity index (χ2n) is 16.0. The number of ether oxygens (including phenoxy) is 10. The summed E-state index contributed by atoms with van der Waals surface area (Å²) in [6, 6.07) is 60.3. The summed E-state index contributed by atoms with van der Waals surface area (Å²) in [6.45, 7) is 2.33. The molecule has 2 saturated heterocycles. The molecule has 2 fully saturated rings. The topological polar surface area (TPSA) is 92.3 Å². The Morgan fingerprint density at radius 2 is 0.609 bits per heavy atom. The Kier molecular flexibility index (Phi) is 17.3. The van der Waals surface area contributed by atoms with Gasteiger partial charge in [0.1, 0.15) is 42.7 Å². The summed E-state index contributed by atoms with van der Waals surface area (Å²) in [7, 11) is 1.61. The number of benzene rings is 6. The third-order valence-corrected chi connectivity index (χ3v) is 11.3. The van der Waals surface area contributed by atoms with Crippen LogP contribution in [0.25, 0.3) is 0 Å². The van der Waals surface area contributed by atoms with Gasteiger partial charge in [0.15, 0.2) is 12.6 Å². The molecule has 0 N–H and O–H groups in total. The molecule has 8 rings (SSSR count). The van der Waals surface area contributed by atoms with Crippen molar-refractivity contribution in [2.24, 2.45) is 0 Å². The van der Waals surface area contributed by atoms with Crippen molar-refractivity contribution in [1.82, 2.24) is 0 Å². The standard InChI is InChI=1S/C54H58O10/c1-55-53-52(61-37-45-30-18-7-19-31-45)50(59-35-43-26-14-5-15-27-43)48(57-33-41-22-10-3-11-23-41)47(63-53)39-62-54-51(60-36-44-28-16-6-17-29-44)49(58-34-42-24-12-4-13-25-42)46(64-54)38-56-32-40-20-8-2-9-21-40/h2-31,46-54H,32-39H2,1H3/t46-,47-,48-,49-,50+,51+,52+,53+,54+/m1/s1. The summed E-state index contributed by atoms with van der Waals surface area (Å²) >= 11 is 0. The lowest BCUT2D eigenvalue weighted by Gasteiger charge is -2.45. The molecule has 6 aromatic carbocycles. The van der Waals surface area contributed by atoms with Crippen molar-refractivity contribution in [2.45, 2.75) is 94.9 Å². The maximum Gasteiger partial charge on any atom is 0.187 e. The Morgan fingerprint density at radius 3 is 1.00 bits per heavy atom. The van der Waals surface area contributed by atoms with Gasteiger partial charge in [0.2, 0.25) is 0 Å². The first-order chi connectivity index (χ1) is 31.7. The molecule has 9 atom stereocenters. The zero-order chi connectivity index (χ0) is 43.6. The van der Waals surface area contributed by atoms with Gasteiger partial charge in [0.25, 0.3) is 0 Å². The van der Waals surface area contributed by atoms with Crippen LogP contribution in [0.5, 0.6) is 0 Å². The van der Waals surface area contributed by atoms with Gasteiger partial charge < -0.3 is 47.4 Å². The van der Waals surface area contributed by atoms with Crippen LogP contribution in [0.2, 0.25) is 0 Å². The first kappa shape index (κ1) is 45.5. The quantitative estimate of drug-likeness (QED) is 0.0621. The normalized spacial score (nSPS) is 24.4. The van der Waals surface area contributed by atoms with E-state index in [1.54, 1.807) is 7.11 Å². The highest BCUT2D eigenvalue weighted by Gasteiger charge is 2.51. The van der Waals surface area contributed by atoms with Crippen LogP contribution < -0.4 is 0 Å². The monoisotopic (exact) mass is 866 g/mol. The van der Waals surface area contributed by atoms with Crippen molar-refractivity contribution in [1.29, 1.82) is 0 Å². The van der Waals surface area contributed by atoms with Crippen molar-refractivity contribution >= 4 is 0 Å². The molecule has 10 heteroatoms. The van der Waals surface area contributed by atoms with E-state index in [1.807, 2.05) is 182 Å². The molecule has 0 unspecified atom stereocenters. The average molecular weight is 867 g/mol. The van der Waals surface area contributed by atoms with E-state index in [0.717, 1.165) is 33.4 Å². The highest BCUT2D eigenvalue weighted by atomic mass is 16.8. The zero-order valence-corrected chi connectivity index (χ0v) is 36.3. The molecular weight excluding hydrogens is 809 g/mol. The van der Waals surface area contributed by atoms with Crippen LogP contribution in [0.1, 0.15) is 33.4 Å². The van der Waals surface area contributed by atoms with Crippen LogP contribution >= 0.6 is 0 Å². The molecule has 334 valence electrons. The second kappa shape index (κ2) is 24.3. The Balaban J connectivity index is 1.06. The van der Waals surface area contributed by atoms with Gasteiger partial charge in [0, 0.05) is 7.11 Å². The minimum atomic E-state index is -0.857. The highest BCUT2D eigenvalue weighted by molar-refractivity contribution is 5.18. The van der Waals surface area contributed by atoms with E-state index < -0.39 is 55.3 Å². The SMILES string of the molecule is CO[C@H]1O[C@H](CO[C@H]2O[C@H](COCc3ccccc3)[C@@H](OCc3ccccc3)[C@@H]2OCc2ccccc2)[C@@H](OCc2ccccc2)[C@H](OCc2ccccc2)[C@@H]1OCc1ccccc1. The molecule has 6 aromatic rings. The molecular formula is C54H58O10. The summed E-state index contributed by atoms with van der Waals surface area (Å²) in [6.07, 6.45) is -5.97. The van der Waals surface area contributed by atoms with Crippen molar-refractivity contribution in [2.75, 3.05) is 20.3 Å².